The minimum absolute atomic E-state index is 0.136. The first kappa shape index (κ1) is 21.4. The van der Waals surface area contributed by atoms with Crippen LogP contribution in [0.4, 0.5) is 0 Å². The van der Waals surface area contributed by atoms with Gasteiger partial charge in [0.1, 0.15) is 12.2 Å². The highest BCUT2D eigenvalue weighted by Gasteiger charge is 2.46. The number of hydrogen-bond acceptors (Lipinski definition) is 6. The average Bonchev–Trinajstić information content (AvgIpc) is 2.76. The molecule has 0 atom stereocenters. The van der Waals surface area contributed by atoms with Crippen LogP contribution < -0.4 is 9.47 Å². The zero-order valence-electron chi connectivity index (χ0n) is 17.2. The molecule has 0 N–H and O–H groups in total. The quantitative estimate of drug-likeness (QED) is 0.329. The monoisotopic (exact) mass is 486 g/mol. The molecular formula is C24H23BrO6. The summed E-state index contributed by atoms with van der Waals surface area (Å²) in [6, 6.07) is 13.2. The molecule has 2 fully saturated rings. The van der Waals surface area contributed by atoms with E-state index >= 15 is 0 Å². The third-order valence-electron chi connectivity index (χ3n) is 5.40. The highest BCUT2D eigenvalue weighted by Crippen LogP contribution is 2.40. The van der Waals surface area contributed by atoms with Gasteiger partial charge < -0.3 is 18.9 Å². The summed E-state index contributed by atoms with van der Waals surface area (Å²) in [7, 11) is 1.53. The summed E-state index contributed by atoms with van der Waals surface area (Å²) >= 11 is 3.50. The third-order valence-corrected chi connectivity index (χ3v) is 5.99. The standard InChI is InChI=1S/C24H23BrO6/c1-28-20-14-17(13-19(25)21(20)29-15-16-8-4-2-5-9-16)12-18-22(26)30-24(31-23(18)27)10-6-3-7-11-24/h2,4-5,8-9,12-14H,3,6-7,10-11,15H2,1H3. The van der Waals surface area contributed by atoms with E-state index in [0.717, 1.165) is 24.8 Å². The summed E-state index contributed by atoms with van der Waals surface area (Å²) in [5.41, 5.74) is 1.47. The first-order chi connectivity index (χ1) is 15.0. The Kier molecular flexibility index (Phi) is 6.32. The smallest absolute Gasteiger partial charge is 0.348 e. The molecular weight excluding hydrogens is 464 g/mol. The van der Waals surface area contributed by atoms with Crippen molar-refractivity contribution in [1.29, 1.82) is 0 Å². The number of carbonyl (C=O) groups excluding carboxylic acids is 2. The van der Waals surface area contributed by atoms with Crippen molar-refractivity contribution in [3.63, 3.8) is 0 Å². The number of rotatable bonds is 5. The molecule has 1 saturated heterocycles. The molecule has 0 amide bonds. The Labute approximate surface area is 189 Å². The van der Waals surface area contributed by atoms with Gasteiger partial charge in [-0.1, -0.05) is 36.8 Å². The van der Waals surface area contributed by atoms with Gasteiger partial charge in [0, 0.05) is 12.8 Å². The van der Waals surface area contributed by atoms with Crippen LogP contribution in [0.25, 0.3) is 6.08 Å². The Morgan fingerprint density at radius 3 is 2.35 bits per heavy atom. The predicted octanol–water partition coefficient (Wildman–Crippen LogP) is 5.18. The third kappa shape index (κ3) is 4.77. The molecule has 2 aromatic carbocycles. The van der Waals surface area contributed by atoms with E-state index in [1.54, 1.807) is 12.1 Å². The Morgan fingerprint density at radius 1 is 1.03 bits per heavy atom. The van der Waals surface area contributed by atoms with Crippen LogP contribution in [0.15, 0.2) is 52.5 Å². The van der Waals surface area contributed by atoms with E-state index in [1.807, 2.05) is 30.3 Å². The van der Waals surface area contributed by atoms with Crippen LogP contribution >= 0.6 is 15.9 Å². The molecule has 1 spiro atoms. The molecule has 0 unspecified atom stereocenters. The lowest BCUT2D eigenvalue weighted by molar-refractivity contribution is -0.244. The molecule has 7 heteroatoms. The summed E-state index contributed by atoms with van der Waals surface area (Å²) < 4.78 is 23.1. The van der Waals surface area contributed by atoms with Crippen molar-refractivity contribution >= 4 is 33.9 Å². The molecule has 0 radical (unpaired) electrons. The zero-order chi connectivity index (χ0) is 21.8. The van der Waals surface area contributed by atoms with Crippen molar-refractivity contribution in [3.8, 4) is 11.5 Å². The maximum atomic E-state index is 12.6. The lowest BCUT2D eigenvalue weighted by atomic mass is 9.93. The van der Waals surface area contributed by atoms with Gasteiger partial charge in [0.05, 0.1) is 11.6 Å². The average molecular weight is 487 g/mol. The summed E-state index contributed by atoms with van der Waals surface area (Å²) in [6.45, 7) is 0.372. The van der Waals surface area contributed by atoms with Crippen molar-refractivity contribution in [2.24, 2.45) is 0 Å². The molecule has 1 aliphatic heterocycles. The second-order valence-electron chi connectivity index (χ2n) is 7.62. The van der Waals surface area contributed by atoms with Crippen molar-refractivity contribution < 1.29 is 28.5 Å². The molecule has 162 valence electrons. The fraction of sp³-hybridized carbons (Fsp3) is 0.333. The summed E-state index contributed by atoms with van der Waals surface area (Å²) in [4.78, 5) is 25.2. The zero-order valence-corrected chi connectivity index (χ0v) is 18.8. The molecule has 0 aromatic heterocycles. The fourth-order valence-electron chi connectivity index (χ4n) is 3.82. The summed E-state index contributed by atoms with van der Waals surface area (Å²) in [6.07, 6.45) is 5.33. The van der Waals surface area contributed by atoms with E-state index < -0.39 is 17.7 Å². The van der Waals surface area contributed by atoms with Crippen LogP contribution in [-0.4, -0.2) is 24.8 Å². The first-order valence-electron chi connectivity index (χ1n) is 10.2. The van der Waals surface area contributed by atoms with Crippen LogP contribution in [-0.2, 0) is 25.7 Å². The van der Waals surface area contributed by atoms with E-state index in [9.17, 15) is 9.59 Å². The topological polar surface area (TPSA) is 71.1 Å². The second-order valence-corrected chi connectivity index (χ2v) is 8.47. The molecule has 0 bridgehead atoms. The molecule has 2 aromatic rings. The molecule has 6 nitrogen and oxygen atoms in total. The Bertz CT molecular complexity index is 986. The summed E-state index contributed by atoms with van der Waals surface area (Å²) in [5.74, 6) is -1.41. The number of methoxy groups -OCH3 is 1. The highest BCUT2D eigenvalue weighted by atomic mass is 79.9. The fourth-order valence-corrected chi connectivity index (χ4v) is 4.40. The van der Waals surface area contributed by atoms with E-state index in [1.165, 1.54) is 13.2 Å². The van der Waals surface area contributed by atoms with Crippen molar-refractivity contribution in [2.45, 2.75) is 44.5 Å². The Balaban J connectivity index is 1.55. The normalized spacial score (nSPS) is 17.7. The van der Waals surface area contributed by atoms with Crippen LogP contribution in [0.2, 0.25) is 0 Å². The van der Waals surface area contributed by atoms with E-state index in [2.05, 4.69) is 15.9 Å². The second kappa shape index (κ2) is 9.14. The van der Waals surface area contributed by atoms with Crippen LogP contribution in [0.5, 0.6) is 11.5 Å². The van der Waals surface area contributed by atoms with Gasteiger partial charge in [-0.05, 0) is 58.1 Å². The van der Waals surface area contributed by atoms with Gasteiger partial charge in [-0.15, -0.1) is 0 Å². The minimum atomic E-state index is -1.10. The number of carbonyl (C=O) groups is 2. The maximum absolute atomic E-state index is 12.6. The SMILES string of the molecule is COc1cc(C=C2C(=O)OC3(CCCCC3)OC2=O)cc(Br)c1OCc1ccccc1. The number of halogens is 1. The molecule has 4 rings (SSSR count). The molecule has 1 aliphatic carbocycles. The van der Waals surface area contributed by atoms with E-state index in [4.69, 9.17) is 18.9 Å². The molecule has 1 heterocycles. The first-order valence-corrected chi connectivity index (χ1v) is 11.0. The van der Waals surface area contributed by atoms with Gasteiger partial charge in [0.25, 0.3) is 5.79 Å². The van der Waals surface area contributed by atoms with Gasteiger partial charge >= 0.3 is 11.9 Å². The Hall–Kier alpha value is -2.80. The Morgan fingerprint density at radius 2 is 1.71 bits per heavy atom. The maximum Gasteiger partial charge on any atom is 0.348 e. The molecule has 31 heavy (non-hydrogen) atoms. The van der Waals surface area contributed by atoms with Gasteiger partial charge in [-0.25, -0.2) is 9.59 Å². The predicted molar refractivity (Wildman–Crippen MR) is 117 cm³/mol. The van der Waals surface area contributed by atoms with Gasteiger partial charge in [-0.2, -0.15) is 0 Å². The van der Waals surface area contributed by atoms with Crippen molar-refractivity contribution in [3.05, 3.63) is 63.6 Å². The number of esters is 2. The van der Waals surface area contributed by atoms with Crippen molar-refractivity contribution in [1.82, 2.24) is 0 Å². The lowest BCUT2D eigenvalue weighted by Gasteiger charge is -2.38. The van der Waals surface area contributed by atoms with Crippen LogP contribution in [0, 0.1) is 0 Å². The molecule has 2 aliphatic rings. The highest BCUT2D eigenvalue weighted by molar-refractivity contribution is 9.10. The van der Waals surface area contributed by atoms with Gasteiger partial charge in [0.2, 0.25) is 0 Å². The number of ether oxygens (including phenoxy) is 4. The van der Waals surface area contributed by atoms with Gasteiger partial charge in [-0.3, -0.25) is 0 Å². The number of benzene rings is 2. The van der Waals surface area contributed by atoms with E-state index in [0.29, 0.717) is 41.0 Å². The lowest BCUT2D eigenvalue weighted by Crippen LogP contribution is -2.47. The number of hydrogen-bond donors (Lipinski definition) is 0. The summed E-state index contributed by atoms with van der Waals surface area (Å²) in [5, 5.41) is 0. The minimum Gasteiger partial charge on any atom is -0.493 e. The van der Waals surface area contributed by atoms with Gasteiger partial charge in [0.15, 0.2) is 11.5 Å². The van der Waals surface area contributed by atoms with Crippen molar-refractivity contribution in [2.75, 3.05) is 7.11 Å². The van der Waals surface area contributed by atoms with Crippen LogP contribution in [0.1, 0.15) is 43.2 Å². The van der Waals surface area contributed by atoms with E-state index in [-0.39, 0.29) is 5.57 Å². The largest absolute Gasteiger partial charge is 0.493 e. The van der Waals surface area contributed by atoms with Crippen LogP contribution in [0.3, 0.4) is 0 Å². The molecule has 1 saturated carbocycles.